The summed E-state index contributed by atoms with van der Waals surface area (Å²) in [6.07, 6.45) is 0.543. The van der Waals surface area contributed by atoms with Crippen molar-refractivity contribution in [2.24, 2.45) is 0 Å². The van der Waals surface area contributed by atoms with E-state index < -0.39 is 13.7 Å². The zero-order chi connectivity index (χ0) is 20.3. The van der Waals surface area contributed by atoms with E-state index in [-0.39, 0.29) is 12.1 Å². The lowest BCUT2D eigenvalue weighted by atomic mass is 10.1. The Morgan fingerprint density at radius 3 is 2.75 bits per heavy atom. The van der Waals surface area contributed by atoms with Crippen molar-refractivity contribution in [1.29, 1.82) is 0 Å². The highest BCUT2D eigenvalue weighted by atomic mass is 79.9. The number of rotatable bonds is 1. The van der Waals surface area contributed by atoms with Gasteiger partial charge in [0.25, 0.3) is 0 Å². The van der Waals surface area contributed by atoms with Crippen LogP contribution in [0.25, 0.3) is 21.8 Å². The van der Waals surface area contributed by atoms with Gasteiger partial charge in [-0.3, -0.25) is 0 Å². The molecule has 148 valence electrons. The second-order valence-corrected chi connectivity index (χ2v) is 15.4. The summed E-state index contributed by atoms with van der Waals surface area (Å²) in [5.41, 5.74) is 1.45. The highest BCUT2D eigenvalue weighted by molar-refractivity contribution is 9.10. The SMILES string of the molecule is CC(C)(C)OC(=O)N1C[Si](C)(C)C[C@H]1c1nc2ccc3cc(Br)ccc3c2[nH]1. The first kappa shape index (κ1) is 19.5. The molecular formula is C21H26BrN3O2Si. The van der Waals surface area contributed by atoms with Crippen LogP contribution in [-0.2, 0) is 4.74 Å². The molecule has 1 aliphatic rings. The number of imidazole rings is 1. The second-order valence-electron chi connectivity index (χ2n) is 9.44. The molecule has 0 unspecified atom stereocenters. The number of carbonyl (C=O) groups excluding carboxylic acids is 1. The number of H-pyrrole nitrogens is 1. The van der Waals surface area contributed by atoms with Crippen molar-refractivity contribution in [3.63, 3.8) is 0 Å². The molecular weight excluding hydrogens is 434 g/mol. The maximum absolute atomic E-state index is 12.9. The Kier molecular flexibility index (Phi) is 4.58. The summed E-state index contributed by atoms with van der Waals surface area (Å²) in [6, 6.07) is 11.3. The van der Waals surface area contributed by atoms with Crippen LogP contribution in [0, 0.1) is 0 Å². The van der Waals surface area contributed by atoms with Crippen LogP contribution in [0.2, 0.25) is 19.1 Å². The molecule has 1 N–H and O–H groups in total. The molecule has 0 spiro atoms. The smallest absolute Gasteiger partial charge is 0.410 e. The molecule has 1 aliphatic heterocycles. The van der Waals surface area contributed by atoms with Gasteiger partial charge in [-0.25, -0.2) is 9.78 Å². The van der Waals surface area contributed by atoms with Gasteiger partial charge in [0, 0.05) is 16.0 Å². The first-order chi connectivity index (χ1) is 13.0. The fraction of sp³-hybridized carbons (Fsp3) is 0.429. The van der Waals surface area contributed by atoms with Gasteiger partial charge in [-0.1, -0.05) is 41.2 Å². The monoisotopic (exact) mass is 459 g/mol. The van der Waals surface area contributed by atoms with E-state index in [9.17, 15) is 4.79 Å². The summed E-state index contributed by atoms with van der Waals surface area (Å²) in [4.78, 5) is 23.2. The predicted molar refractivity (Wildman–Crippen MR) is 119 cm³/mol. The molecule has 0 radical (unpaired) electrons. The third-order valence-corrected chi connectivity index (χ3v) is 8.30. The van der Waals surface area contributed by atoms with E-state index in [0.29, 0.717) is 0 Å². The minimum Gasteiger partial charge on any atom is -0.444 e. The average molecular weight is 460 g/mol. The van der Waals surface area contributed by atoms with Gasteiger partial charge in [-0.15, -0.1) is 0 Å². The molecule has 1 saturated heterocycles. The maximum atomic E-state index is 12.9. The Hall–Kier alpha value is -1.86. The van der Waals surface area contributed by atoms with Gasteiger partial charge in [-0.2, -0.15) is 0 Å². The molecule has 1 aromatic heterocycles. The van der Waals surface area contributed by atoms with Crippen LogP contribution in [0.3, 0.4) is 0 Å². The lowest BCUT2D eigenvalue weighted by Crippen LogP contribution is -2.39. The van der Waals surface area contributed by atoms with Gasteiger partial charge < -0.3 is 14.6 Å². The molecule has 0 saturated carbocycles. The number of halogens is 1. The topological polar surface area (TPSA) is 58.2 Å². The van der Waals surface area contributed by atoms with Crippen molar-refractivity contribution in [1.82, 2.24) is 14.9 Å². The normalized spacial score (nSPS) is 19.5. The Morgan fingerprint density at radius 2 is 2.04 bits per heavy atom. The van der Waals surface area contributed by atoms with Crippen LogP contribution in [0.15, 0.2) is 34.8 Å². The van der Waals surface area contributed by atoms with Gasteiger partial charge in [0.05, 0.1) is 25.1 Å². The molecule has 2 aromatic carbocycles. The minimum atomic E-state index is -1.54. The predicted octanol–water partition coefficient (Wildman–Crippen LogP) is 6.02. The van der Waals surface area contributed by atoms with Gasteiger partial charge in [-0.05, 0) is 50.4 Å². The van der Waals surface area contributed by atoms with Gasteiger partial charge in [0.15, 0.2) is 0 Å². The molecule has 7 heteroatoms. The number of nitrogens with zero attached hydrogens (tertiary/aromatic N) is 2. The summed E-state index contributed by atoms with van der Waals surface area (Å²) in [5, 5.41) is 2.29. The Balaban J connectivity index is 1.76. The van der Waals surface area contributed by atoms with Crippen LogP contribution < -0.4 is 0 Å². The lowest BCUT2D eigenvalue weighted by Gasteiger charge is -2.28. The van der Waals surface area contributed by atoms with Gasteiger partial charge in [0.1, 0.15) is 11.4 Å². The van der Waals surface area contributed by atoms with E-state index in [1.807, 2.05) is 37.8 Å². The molecule has 3 aromatic rings. The Morgan fingerprint density at radius 1 is 1.29 bits per heavy atom. The molecule has 1 fully saturated rings. The highest BCUT2D eigenvalue weighted by Crippen LogP contribution is 2.39. The largest absolute Gasteiger partial charge is 0.444 e. The van der Waals surface area contributed by atoms with Crippen molar-refractivity contribution in [3.8, 4) is 0 Å². The van der Waals surface area contributed by atoms with Crippen molar-refractivity contribution >= 4 is 51.9 Å². The lowest BCUT2D eigenvalue weighted by molar-refractivity contribution is 0.0229. The summed E-state index contributed by atoms with van der Waals surface area (Å²) < 4.78 is 6.74. The molecule has 5 nitrogen and oxygen atoms in total. The first-order valence-corrected chi connectivity index (χ1v) is 13.8. The van der Waals surface area contributed by atoms with Crippen molar-refractivity contribution in [2.45, 2.75) is 51.6 Å². The van der Waals surface area contributed by atoms with Crippen molar-refractivity contribution < 1.29 is 9.53 Å². The third-order valence-electron chi connectivity index (χ3n) is 5.12. The number of aromatic amines is 1. The van der Waals surface area contributed by atoms with Crippen LogP contribution in [0.4, 0.5) is 4.79 Å². The molecule has 1 atom stereocenters. The van der Waals surface area contributed by atoms with E-state index in [1.165, 1.54) is 0 Å². The fourth-order valence-corrected chi connectivity index (χ4v) is 7.22. The number of amides is 1. The standard InChI is InChI=1S/C21H26BrN3O2Si/c1-21(2,3)27-20(26)25-12-28(4,5)11-17(25)19-23-16-9-6-13-10-14(22)7-8-15(13)18(16)24-19/h6-10,17H,11-12H2,1-5H3,(H,23,24)/t17-/m0/s1. The second kappa shape index (κ2) is 6.59. The number of nitrogens with one attached hydrogen (secondary N) is 1. The van der Waals surface area contributed by atoms with E-state index >= 15 is 0 Å². The van der Waals surface area contributed by atoms with Crippen molar-refractivity contribution in [3.05, 3.63) is 40.6 Å². The van der Waals surface area contributed by atoms with Crippen molar-refractivity contribution in [2.75, 3.05) is 6.17 Å². The highest BCUT2D eigenvalue weighted by Gasteiger charge is 2.45. The molecule has 0 bridgehead atoms. The number of aromatic nitrogens is 2. The van der Waals surface area contributed by atoms with E-state index in [1.54, 1.807) is 0 Å². The van der Waals surface area contributed by atoms with Gasteiger partial charge >= 0.3 is 6.09 Å². The van der Waals surface area contributed by atoms with Crippen LogP contribution in [0.5, 0.6) is 0 Å². The van der Waals surface area contributed by atoms with E-state index in [0.717, 1.165) is 44.3 Å². The Bertz CT molecular complexity index is 1070. The number of ether oxygens (including phenoxy) is 1. The molecule has 1 amide bonds. The number of hydrogen-bond acceptors (Lipinski definition) is 3. The molecule has 4 rings (SSSR count). The number of carbonyl (C=O) groups is 1. The third kappa shape index (κ3) is 3.69. The van der Waals surface area contributed by atoms with Crippen LogP contribution >= 0.6 is 15.9 Å². The number of benzene rings is 2. The molecule has 28 heavy (non-hydrogen) atoms. The van der Waals surface area contributed by atoms with E-state index in [4.69, 9.17) is 9.72 Å². The summed E-state index contributed by atoms with van der Waals surface area (Å²) in [7, 11) is -1.54. The molecule has 2 heterocycles. The fourth-order valence-electron chi connectivity index (χ4n) is 3.98. The van der Waals surface area contributed by atoms with Crippen LogP contribution in [-0.4, -0.2) is 40.8 Å². The average Bonchev–Trinajstić information content (AvgIpc) is 3.13. The summed E-state index contributed by atoms with van der Waals surface area (Å²) >= 11 is 3.54. The summed E-state index contributed by atoms with van der Waals surface area (Å²) in [6.45, 7) is 10.4. The molecule has 0 aliphatic carbocycles. The quantitative estimate of drug-likeness (QED) is 0.452. The minimum absolute atomic E-state index is 0.0607. The first-order valence-electron chi connectivity index (χ1n) is 9.60. The zero-order valence-electron chi connectivity index (χ0n) is 17.0. The van der Waals surface area contributed by atoms with Crippen LogP contribution in [0.1, 0.15) is 32.6 Å². The zero-order valence-corrected chi connectivity index (χ0v) is 19.6. The number of hydrogen-bond donors (Lipinski definition) is 1. The summed E-state index contributed by atoms with van der Waals surface area (Å²) in [5.74, 6) is 0.856. The maximum Gasteiger partial charge on any atom is 0.410 e. The van der Waals surface area contributed by atoms with E-state index in [2.05, 4.69) is 52.2 Å². The number of fused-ring (bicyclic) bond motifs is 3. The van der Waals surface area contributed by atoms with Gasteiger partial charge in [0.2, 0.25) is 0 Å². The Labute approximate surface area is 174 Å².